The van der Waals surface area contributed by atoms with Crippen molar-refractivity contribution < 1.29 is 18.4 Å². The Kier molecular flexibility index (Phi) is 7.19. The number of carbonyl (C=O) groups is 2. The first-order chi connectivity index (χ1) is 13.6. The van der Waals surface area contributed by atoms with Gasteiger partial charge in [0.15, 0.2) is 0 Å². The Hall–Kier alpha value is -2.67. The fourth-order valence-corrected chi connectivity index (χ4v) is 3.38. The highest BCUT2D eigenvalue weighted by molar-refractivity contribution is 5.79. The van der Waals surface area contributed by atoms with Crippen LogP contribution in [0.2, 0.25) is 0 Å². The van der Waals surface area contributed by atoms with Crippen LogP contribution in [0, 0.1) is 11.7 Å². The maximum atomic E-state index is 13.6. The SMILES string of the molecule is O=C(CN1CCC(C(=O)NCCc2ccccc2F)CC1)NCc1ccco1. The minimum atomic E-state index is -0.240. The van der Waals surface area contributed by atoms with Crippen LogP contribution in [0.15, 0.2) is 47.1 Å². The number of hydrogen-bond donors (Lipinski definition) is 2. The Morgan fingerprint density at radius 2 is 1.89 bits per heavy atom. The fraction of sp³-hybridized carbons (Fsp3) is 0.429. The molecule has 1 aromatic carbocycles. The normalized spacial score (nSPS) is 15.3. The molecular weight excluding hydrogens is 361 g/mol. The van der Waals surface area contributed by atoms with Gasteiger partial charge in [0.25, 0.3) is 0 Å². The molecule has 150 valence electrons. The van der Waals surface area contributed by atoms with Gasteiger partial charge in [-0.3, -0.25) is 14.5 Å². The third kappa shape index (κ3) is 5.92. The average Bonchev–Trinajstić information content (AvgIpc) is 3.22. The zero-order valence-corrected chi connectivity index (χ0v) is 15.8. The predicted molar refractivity (Wildman–Crippen MR) is 103 cm³/mol. The molecule has 1 saturated heterocycles. The summed E-state index contributed by atoms with van der Waals surface area (Å²) in [5.74, 6) is 0.389. The zero-order chi connectivity index (χ0) is 19.8. The van der Waals surface area contributed by atoms with Crippen LogP contribution >= 0.6 is 0 Å². The summed E-state index contributed by atoms with van der Waals surface area (Å²) in [5.41, 5.74) is 0.609. The summed E-state index contributed by atoms with van der Waals surface area (Å²) in [6.45, 7) is 2.54. The van der Waals surface area contributed by atoms with Gasteiger partial charge in [0.2, 0.25) is 11.8 Å². The summed E-state index contributed by atoms with van der Waals surface area (Å²) < 4.78 is 18.8. The molecule has 1 aliphatic rings. The summed E-state index contributed by atoms with van der Waals surface area (Å²) in [6, 6.07) is 10.2. The largest absolute Gasteiger partial charge is 0.467 e. The van der Waals surface area contributed by atoms with Crippen LogP contribution < -0.4 is 10.6 Å². The van der Waals surface area contributed by atoms with Crippen molar-refractivity contribution in [2.75, 3.05) is 26.2 Å². The van der Waals surface area contributed by atoms with Crippen LogP contribution in [-0.2, 0) is 22.6 Å². The van der Waals surface area contributed by atoms with E-state index in [1.807, 2.05) is 6.07 Å². The van der Waals surface area contributed by atoms with Crippen LogP contribution in [0.5, 0.6) is 0 Å². The molecule has 0 bridgehead atoms. The third-order valence-electron chi connectivity index (χ3n) is 5.02. The zero-order valence-electron chi connectivity index (χ0n) is 15.8. The first kappa shape index (κ1) is 20.1. The van der Waals surface area contributed by atoms with Gasteiger partial charge >= 0.3 is 0 Å². The lowest BCUT2D eigenvalue weighted by molar-refractivity contribution is -0.126. The van der Waals surface area contributed by atoms with Gasteiger partial charge in [-0.05, 0) is 56.1 Å². The van der Waals surface area contributed by atoms with E-state index in [9.17, 15) is 14.0 Å². The number of amides is 2. The Bertz CT molecular complexity index is 771. The van der Waals surface area contributed by atoms with Crippen molar-refractivity contribution in [3.8, 4) is 0 Å². The second-order valence-electron chi connectivity index (χ2n) is 7.04. The first-order valence-electron chi connectivity index (χ1n) is 9.64. The Labute approximate surface area is 164 Å². The predicted octanol–water partition coefficient (Wildman–Crippen LogP) is 2.11. The van der Waals surface area contributed by atoms with Crippen LogP contribution in [0.3, 0.4) is 0 Å². The Morgan fingerprint density at radius 1 is 1.11 bits per heavy atom. The van der Waals surface area contributed by atoms with Crippen molar-refractivity contribution in [1.29, 1.82) is 0 Å². The number of likely N-dealkylation sites (tertiary alicyclic amines) is 1. The van der Waals surface area contributed by atoms with Crippen molar-refractivity contribution in [3.63, 3.8) is 0 Å². The van der Waals surface area contributed by atoms with Crippen molar-refractivity contribution in [2.45, 2.75) is 25.8 Å². The van der Waals surface area contributed by atoms with E-state index in [4.69, 9.17) is 4.42 Å². The van der Waals surface area contributed by atoms with E-state index in [1.54, 1.807) is 30.5 Å². The van der Waals surface area contributed by atoms with E-state index in [-0.39, 0.29) is 23.5 Å². The van der Waals surface area contributed by atoms with Crippen LogP contribution in [0.1, 0.15) is 24.2 Å². The lowest BCUT2D eigenvalue weighted by Gasteiger charge is -2.30. The number of nitrogens with one attached hydrogen (secondary N) is 2. The number of piperidine rings is 1. The van der Waals surface area contributed by atoms with Gasteiger partial charge in [0.1, 0.15) is 11.6 Å². The van der Waals surface area contributed by atoms with E-state index in [0.29, 0.717) is 44.7 Å². The van der Waals surface area contributed by atoms with Gasteiger partial charge in [0, 0.05) is 12.5 Å². The van der Waals surface area contributed by atoms with E-state index < -0.39 is 0 Å². The van der Waals surface area contributed by atoms with E-state index in [0.717, 1.165) is 18.6 Å². The smallest absolute Gasteiger partial charge is 0.234 e. The van der Waals surface area contributed by atoms with E-state index in [2.05, 4.69) is 15.5 Å². The molecule has 0 aliphatic carbocycles. The Balaban J connectivity index is 1.32. The Morgan fingerprint density at radius 3 is 2.61 bits per heavy atom. The molecule has 0 atom stereocenters. The number of nitrogens with zero attached hydrogens (tertiary/aromatic N) is 1. The van der Waals surface area contributed by atoms with Crippen molar-refractivity contribution >= 4 is 11.8 Å². The molecule has 2 amide bonds. The monoisotopic (exact) mass is 387 g/mol. The lowest BCUT2D eigenvalue weighted by atomic mass is 9.96. The molecule has 1 fully saturated rings. The summed E-state index contributed by atoms with van der Waals surface area (Å²) in [5, 5.41) is 5.74. The minimum absolute atomic E-state index is 0.0123. The fourth-order valence-electron chi connectivity index (χ4n) is 3.38. The van der Waals surface area contributed by atoms with E-state index >= 15 is 0 Å². The molecule has 2 N–H and O–H groups in total. The highest BCUT2D eigenvalue weighted by atomic mass is 19.1. The maximum Gasteiger partial charge on any atom is 0.234 e. The summed E-state index contributed by atoms with van der Waals surface area (Å²) in [7, 11) is 0. The topological polar surface area (TPSA) is 74.6 Å². The van der Waals surface area contributed by atoms with Crippen molar-refractivity contribution in [3.05, 3.63) is 59.8 Å². The highest BCUT2D eigenvalue weighted by Gasteiger charge is 2.25. The molecule has 7 heteroatoms. The van der Waals surface area contributed by atoms with Gasteiger partial charge in [-0.1, -0.05) is 18.2 Å². The quantitative estimate of drug-likeness (QED) is 0.728. The molecular formula is C21H26FN3O3. The molecule has 28 heavy (non-hydrogen) atoms. The number of hydrogen-bond acceptors (Lipinski definition) is 4. The molecule has 2 heterocycles. The number of carbonyl (C=O) groups excluding carboxylic acids is 2. The molecule has 6 nitrogen and oxygen atoms in total. The lowest BCUT2D eigenvalue weighted by Crippen LogP contribution is -2.44. The number of rotatable bonds is 8. The van der Waals surface area contributed by atoms with Crippen LogP contribution in [0.4, 0.5) is 4.39 Å². The van der Waals surface area contributed by atoms with Crippen molar-refractivity contribution in [2.24, 2.45) is 5.92 Å². The minimum Gasteiger partial charge on any atom is -0.467 e. The molecule has 0 spiro atoms. The highest BCUT2D eigenvalue weighted by Crippen LogP contribution is 2.17. The van der Waals surface area contributed by atoms with Gasteiger partial charge in [-0.15, -0.1) is 0 Å². The summed E-state index contributed by atoms with van der Waals surface area (Å²) in [6.07, 6.45) is 3.49. The molecule has 3 rings (SSSR count). The summed E-state index contributed by atoms with van der Waals surface area (Å²) >= 11 is 0. The van der Waals surface area contributed by atoms with Gasteiger partial charge < -0.3 is 15.1 Å². The van der Waals surface area contributed by atoms with Crippen LogP contribution in [-0.4, -0.2) is 42.9 Å². The molecule has 1 aromatic heterocycles. The van der Waals surface area contributed by atoms with Gasteiger partial charge in [0.05, 0.1) is 19.4 Å². The molecule has 0 saturated carbocycles. The maximum absolute atomic E-state index is 13.6. The molecule has 2 aromatic rings. The second kappa shape index (κ2) is 10.0. The number of furan rings is 1. The summed E-state index contributed by atoms with van der Waals surface area (Å²) in [4.78, 5) is 26.4. The average molecular weight is 387 g/mol. The van der Waals surface area contributed by atoms with Crippen LogP contribution in [0.25, 0.3) is 0 Å². The number of halogens is 1. The molecule has 1 aliphatic heterocycles. The van der Waals surface area contributed by atoms with Gasteiger partial charge in [-0.25, -0.2) is 4.39 Å². The number of benzene rings is 1. The van der Waals surface area contributed by atoms with E-state index in [1.165, 1.54) is 6.07 Å². The standard InChI is InChI=1S/C21H26FN3O3/c22-19-6-2-1-4-16(19)7-10-23-21(27)17-8-11-25(12-9-17)15-20(26)24-14-18-5-3-13-28-18/h1-6,13,17H,7-12,14-15H2,(H,23,27)(H,24,26). The van der Waals surface area contributed by atoms with Gasteiger partial charge in [-0.2, -0.15) is 0 Å². The third-order valence-corrected chi connectivity index (χ3v) is 5.02. The van der Waals surface area contributed by atoms with Crippen molar-refractivity contribution in [1.82, 2.24) is 15.5 Å². The first-order valence-corrected chi connectivity index (χ1v) is 9.64. The molecule has 0 radical (unpaired) electrons. The molecule has 0 unspecified atom stereocenters. The second-order valence-corrected chi connectivity index (χ2v) is 7.04.